The number of nitrogens with one attached hydrogen (secondary N) is 2. The maximum absolute atomic E-state index is 12.5. The first kappa shape index (κ1) is 20.6. The van der Waals surface area contributed by atoms with Crippen LogP contribution in [-0.4, -0.2) is 30.4 Å². The number of carbonyl (C=O) groups is 3. The Morgan fingerprint density at radius 1 is 1.14 bits per heavy atom. The zero-order chi connectivity index (χ0) is 20.8. The van der Waals surface area contributed by atoms with Crippen LogP contribution in [0.5, 0.6) is 0 Å². The molecule has 0 aromatic heterocycles. The van der Waals surface area contributed by atoms with Crippen LogP contribution in [-0.2, 0) is 20.7 Å². The van der Waals surface area contributed by atoms with E-state index < -0.39 is 12.1 Å². The van der Waals surface area contributed by atoms with E-state index in [1.165, 1.54) is 12.5 Å². The maximum atomic E-state index is 12.5. The number of amides is 2. The minimum Gasteiger partial charge on any atom is -0.451 e. The summed E-state index contributed by atoms with van der Waals surface area (Å²) in [5.74, 6) is -1.36. The fourth-order valence-corrected chi connectivity index (χ4v) is 3.53. The lowest BCUT2D eigenvalue weighted by molar-refractivity contribution is -0.154. The van der Waals surface area contributed by atoms with E-state index in [1.54, 1.807) is 18.2 Å². The molecule has 0 unspecified atom stereocenters. The average Bonchev–Trinajstić information content (AvgIpc) is 2.72. The molecule has 2 N–H and O–H groups in total. The highest BCUT2D eigenvalue weighted by Crippen LogP contribution is 2.29. The summed E-state index contributed by atoms with van der Waals surface area (Å²) in [5.41, 5.74) is 3.79. The maximum Gasteiger partial charge on any atom is 0.326 e. The van der Waals surface area contributed by atoms with E-state index in [2.05, 4.69) is 16.7 Å². The smallest absolute Gasteiger partial charge is 0.326 e. The van der Waals surface area contributed by atoms with E-state index in [1.807, 2.05) is 31.2 Å². The molecule has 0 aliphatic heterocycles. The summed E-state index contributed by atoms with van der Waals surface area (Å²) in [6, 6.07) is 15.1. The van der Waals surface area contributed by atoms with Gasteiger partial charge in [0, 0.05) is 5.56 Å². The highest BCUT2D eigenvalue weighted by Gasteiger charge is 2.25. The molecule has 1 aliphatic rings. The largest absolute Gasteiger partial charge is 0.451 e. The van der Waals surface area contributed by atoms with Crippen molar-refractivity contribution in [1.82, 2.24) is 10.6 Å². The molecule has 6 nitrogen and oxygen atoms in total. The number of benzene rings is 2. The van der Waals surface area contributed by atoms with Gasteiger partial charge in [-0.3, -0.25) is 14.4 Å². The second-order valence-electron chi connectivity index (χ2n) is 7.34. The number of aryl methyl sites for hydroxylation is 2. The normalized spacial score (nSPS) is 16.3. The van der Waals surface area contributed by atoms with Gasteiger partial charge in [-0.2, -0.15) is 0 Å². The summed E-state index contributed by atoms with van der Waals surface area (Å²) in [4.78, 5) is 36.6. The van der Waals surface area contributed by atoms with Gasteiger partial charge < -0.3 is 15.4 Å². The highest BCUT2D eigenvalue weighted by molar-refractivity contribution is 5.96. The highest BCUT2D eigenvalue weighted by atomic mass is 16.5. The number of esters is 1. The molecule has 29 heavy (non-hydrogen) atoms. The quantitative estimate of drug-likeness (QED) is 0.738. The van der Waals surface area contributed by atoms with E-state index in [9.17, 15) is 14.4 Å². The molecular weight excluding hydrogens is 368 g/mol. The molecule has 6 heteroatoms. The molecule has 1 aliphatic carbocycles. The first-order valence-electron chi connectivity index (χ1n) is 9.86. The van der Waals surface area contributed by atoms with Crippen LogP contribution in [0, 0.1) is 6.92 Å². The van der Waals surface area contributed by atoms with Crippen LogP contribution in [0.25, 0.3) is 0 Å². The van der Waals surface area contributed by atoms with Crippen molar-refractivity contribution in [3.8, 4) is 0 Å². The van der Waals surface area contributed by atoms with Gasteiger partial charge in [0.1, 0.15) is 6.54 Å². The van der Waals surface area contributed by atoms with Crippen LogP contribution in [0.15, 0.2) is 48.5 Å². The number of fused-ring (bicyclic) bond motifs is 1. The molecule has 152 valence electrons. The summed E-state index contributed by atoms with van der Waals surface area (Å²) in [7, 11) is 0. The Kier molecular flexibility index (Phi) is 6.65. The van der Waals surface area contributed by atoms with Gasteiger partial charge in [0.25, 0.3) is 11.8 Å². The van der Waals surface area contributed by atoms with E-state index in [0.29, 0.717) is 5.56 Å². The predicted octanol–water partition coefficient (Wildman–Crippen LogP) is 2.85. The SMILES string of the molecule is Cc1cccc(C(=O)NCC(=O)O[C@H](C)C(=O)N[C@@H]2CCCc3ccccc32)c1. The van der Waals surface area contributed by atoms with Gasteiger partial charge in [0.05, 0.1) is 6.04 Å². The van der Waals surface area contributed by atoms with Crippen LogP contribution in [0.3, 0.4) is 0 Å². The minimum absolute atomic E-state index is 0.0744. The Morgan fingerprint density at radius 3 is 2.72 bits per heavy atom. The Bertz CT molecular complexity index is 909. The Balaban J connectivity index is 1.48. The van der Waals surface area contributed by atoms with Gasteiger partial charge >= 0.3 is 5.97 Å². The second kappa shape index (κ2) is 9.37. The van der Waals surface area contributed by atoms with Crippen LogP contribution < -0.4 is 10.6 Å². The van der Waals surface area contributed by atoms with Crippen LogP contribution in [0.1, 0.15) is 52.9 Å². The lowest BCUT2D eigenvalue weighted by Crippen LogP contribution is -2.41. The molecule has 0 bridgehead atoms. The summed E-state index contributed by atoms with van der Waals surface area (Å²) in [6.45, 7) is 3.12. The molecule has 2 atom stereocenters. The molecule has 0 fully saturated rings. The van der Waals surface area contributed by atoms with Crippen LogP contribution in [0.4, 0.5) is 0 Å². The number of hydrogen-bond donors (Lipinski definition) is 2. The standard InChI is InChI=1S/C23H26N2O4/c1-15-7-5-10-18(13-15)23(28)24-14-21(26)29-16(2)22(27)25-20-12-6-9-17-8-3-4-11-19(17)20/h3-5,7-8,10-11,13,16,20H,6,9,12,14H2,1-2H3,(H,24,28)(H,25,27)/t16-,20-/m1/s1. The molecule has 2 aromatic carbocycles. The number of ether oxygens (including phenoxy) is 1. The van der Waals surface area contributed by atoms with Gasteiger partial charge in [0.15, 0.2) is 6.10 Å². The fraction of sp³-hybridized carbons (Fsp3) is 0.348. The summed E-state index contributed by atoms with van der Waals surface area (Å²) in [5, 5.41) is 5.49. The number of rotatable bonds is 6. The first-order valence-corrected chi connectivity index (χ1v) is 9.86. The Labute approximate surface area is 170 Å². The fourth-order valence-electron chi connectivity index (χ4n) is 3.53. The topological polar surface area (TPSA) is 84.5 Å². The summed E-state index contributed by atoms with van der Waals surface area (Å²) < 4.78 is 5.19. The molecule has 2 aromatic rings. The van der Waals surface area contributed by atoms with Crippen molar-refractivity contribution in [3.63, 3.8) is 0 Å². The molecule has 0 saturated heterocycles. The molecule has 2 amide bonds. The van der Waals surface area contributed by atoms with Crippen LogP contribution in [0.2, 0.25) is 0 Å². The first-order chi connectivity index (χ1) is 13.9. The predicted molar refractivity (Wildman–Crippen MR) is 109 cm³/mol. The third kappa shape index (κ3) is 5.44. The monoisotopic (exact) mass is 394 g/mol. The second-order valence-corrected chi connectivity index (χ2v) is 7.34. The number of carbonyl (C=O) groups excluding carboxylic acids is 3. The van der Waals surface area contributed by atoms with E-state index >= 15 is 0 Å². The lowest BCUT2D eigenvalue weighted by atomic mass is 9.87. The van der Waals surface area contributed by atoms with E-state index in [-0.39, 0.29) is 24.4 Å². The van der Waals surface area contributed by atoms with Gasteiger partial charge in [-0.15, -0.1) is 0 Å². The van der Waals surface area contributed by atoms with Gasteiger partial charge in [-0.25, -0.2) is 0 Å². The molecule has 0 radical (unpaired) electrons. The summed E-state index contributed by atoms with van der Waals surface area (Å²) in [6.07, 6.45) is 1.93. The van der Waals surface area contributed by atoms with Gasteiger partial charge in [0.2, 0.25) is 0 Å². The molecule has 3 rings (SSSR count). The van der Waals surface area contributed by atoms with Crippen LogP contribution >= 0.6 is 0 Å². The van der Waals surface area contributed by atoms with E-state index in [4.69, 9.17) is 4.74 Å². The molecule has 0 spiro atoms. The summed E-state index contributed by atoms with van der Waals surface area (Å²) >= 11 is 0. The molecular formula is C23H26N2O4. The van der Waals surface area contributed by atoms with Crippen molar-refractivity contribution in [2.75, 3.05) is 6.54 Å². The van der Waals surface area contributed by atoms with Crippen molar-refractivity contribution in [2.45, 2.75) is 45.3 Å². The van der Waals surface area contributed by atoms with Crippen molar-refractivity contribution in [2.24, 2.45) is 0 Å². The molecule has 0 heterocycles. The van der Waals surface area contributed by atoms with Crippen molar-refractivity contribution >= 4 is 17.8 Å². The average molecular weight is 394 g/mol. The zero-order valence-electron chi connectivity index (χ0n) is 16.7. The van der Waals surface area contributed by atoms with Gasteiger partial charge in [-0.1, -0.05) is 42.0 Å². The Hall–Kier alpha value is -3.15. The third-order valence-electron chi connectivity index (χ3n) is 5.04. The third-order valence-corrected chi connectivity index (χ3v) is 5.04. The lowest BCUT2D eigenvalue weighted by Gasteiger charge is -2.27. The van der Waals surface area contributed by atoms with Crippen molar-refractivity contribution < 1.29 is 19.1 Å². The minimum atomic E-state index is -0.938. The molecule has 0 saturated carbocycles. The van der Waals surface area contributed by atoms with Gasteiger partial charge in [-0.05, 0) is 56.4 Å². The number of hydrogen-bond acceptors (Lipinski definition) is 4. The Morgan fingerprint density at radius 2 is 1.93 bits per heavy atom. The zero-order valence-corrected chi connectivity index (χ0v) is 16.7. The van der Waals surface area contributed by atoms with Crippen molar-refractivity contribution in [1.29, 1.82) is 0 Å². The van der Waals surface area contributed by atoms with E-state index in [0.717, 1.165) is 30.4 Å². The van der Waals surface area contributed by atoms with Crippen molar-refractivity contribution in [3.05, 3.63) is 70.8 Å².